The normalized spacial score (nSPS) is 12.2. The minimum atomic E-state index is 0.666. The average molecular weight is 1090 g/mol. The van der Waals surface area contributed by atoms with Crippen molar-refractivity contribution in [2.75, 3.05) is 0 Å². The van der Waals surface area contributed by atoms with Crippen molar-refractivity contribution in [3.8, 4) is 78.9 Å². The summed E-state index contributed by atoms with van der Waals surface area (Å²) in [6.45, 7) is 0. The highest BCUT2D eigenvalue weighted by atomic mass is 15.1. The van der Waals surface area contributed by atoms with Gasteiger partial charge in [0.1, 0.15) is 5.82 Å². The molecule has 0 N–H and O–H groups in total. The minimum absolute atomic E-state index is 0.666. The van der Waals surface area contributed by atoms with Crippen LogP contribution in [-0.4, -0.2) is 28.2 Å². The maximum absolute atomic E-state index is 5.83. The first-order chi connectivity index (χ1) is 42.7. The molecule has 0 bridgehead atoms. The zero-order valence-corrected chi connectivity index (χ0v) is 46.4. The highest BCUT2D eigenvalue weighted by molar-refractivity contribution is 6.19. The van der Waals surface area contributed by atoms with Crippen LogP contribution in [0.4, 0.5) is 0 Å². The molecule has 18 aromatic rings. The molecule has 1 aliphatic rings. The molecule has 0 radical (unpaired) electrons. The van der Waals surface area contributed by atoms with Crippen molar-refractivity contribution in [1.82, 2.24) is 28.2 Å². The van der Waals surface area contributed by atoms with Gasteiger partial charge in [0.25, 0.3) is 0 Å². The number of rotatable bonds is 7. The standard InChI is InChI=1S/C80H48N6/c1-3-21-55(22-4-1)83-68-32-11-8-27-59(68)65-45-50(37-41-72(65)83)51-38-43-74-67(46-51)61-29-10-13-34-70(61)85(74)57-25-15-20-54(44-57)79-81-78-64-31-17-19-49-18-16-30-63(76(49)64)77(78)80(82-79)86-71-35-14-7-26-58(71)62-40-36-53(48-75(62)86)52-39-42-73-66(47-52)60-28-9-12-33-69(60)84(73)56-23-5-2-6-24-56/h1-48H. The molecule has 0 aliphatic heterocycles. The van der Waals surface area contributed by atoms with Gasteiger partial charge in [-0.3, -0.25) is 4.57 Å². The summed E-state index contributed by atoms with van der Waals surface area (Å²) in [4.78, 5) is 11.5. The van der Waals surface area contributed by atoms with Gasteiger partial charge in [-0.25, -0.2) is 9.97 Å². The van der Waals surface area contributed by atoms with Gasteiger partial charge in [-0.05, 0) is 142 Å². The van der Waals surface area contributed by atoms with Crippen LogP contribution < -0.4 is 0 Å². The van der Waals surface area contributed by atoms with Gasteiger partial charge in [0, 0.05) is 71.3 Å². The summed E-state index contributed by atoms with van der Waals surface area (Å²) in [5.74, 6) is 1.52. The number of benzene rings is 13. The van der Waals surface area contributed by atoms with Crippen molar-refractivity contribution >= 4 is 98.0 Å². The molecule has 1 aliphatic carbocycles. The number of hydrogen-bond acceptors (Lipinski definition) is 2. The fraction of sp³-hybridized carbons (Fsp3) is 0. The van der Waals surface area contributed by atoms with Crippen LogP contribution in [0.25, 0.3) is 177 Å². The molecular formula is C80H48N6. The summed E-state index contributed by atoms with van der Waals surface area (Å²) in [5.41, 5.74) is 22.4. The van der Waals surface area contributed by atoms with E-state index in [-0.39, 0.29) is 0 Å². The summed E-state index contributed by atoms with van der Waals surface area (Å²) in [6.07, 6.45) is 0. The molecule has 0 saturated heterocycles. The topological polar surface area (TPSA) is 45.5 Å². The zero-order valence-electron chi connectivity index (χ0n) is 46.4. The lowest BCUT2D eigenvalue weighted by Crippen LogP contribution is -2.05. The zero-order chi connectivity index (χ0) is 56.1. The van der Waals surface area contributed by atoms with Crippen LogP contribution in [0.15, 0.2) is 291 Å². The van der Waals surface area contributed by atoms with E-state index >= 15 is 0 Å². The van der Waals surface area contributed by atoms with Crippen LogP contribution in [0.2, 0.25) is 0 Å². The maximum Gasteiger partial charge on any atom is 0.162 e. The van der Waals surface area contributed by atoms with E-state index in [0.29, 0.717) is 5.82 Å². The van der Waals surface area contributed by atoms with Gasteiger partial charge in [-0.2, -0.15) is 0 Å². The van der Waals surface area contributed by atoms with Gasteiger partial charge >= 0.3 is 0 Å². The van der Waals surface area contributed by atoms with Gasteiger partial charge in [0.15, 0.2) is 5.82 Å². The average Bonchev–Trinajstić information content (AvgIpc) is 1.90. The van der Waals surface area contributed by atoms with Crippen LogP contribution >= 0.6 is 0 Å². The second-order valence-corrected chi connectivity index (χ2v) is 22.9. The molecule has 0 spiro atoms. The fourth-order valence-corrected chi connectivity index (χ4v) is 14.5. The molecule has 6 heteroatoms. The van der Waals surface area contributed by atoms with Crippen LogP contribution in [-0.2, 0) is 0 Å². The minimum Gasteiger partial charge on any atom is -0.309 e. The van der Waals surface area contributed by atoms with Crippen molar-refractivity contribution in [1.29, 1.82) is 0 Å². The molecule has 19 rings (SSSR count). The van der Waals surface area contributed by atoms with Crippen molar-refractivity contribution in [3.63, 3.8) is 0 Å². The third-order valence-corrected chi connectivity index (χ3v) is 18.3. The van der Waals surface area contributed by atoms with E-state index in [0.717, 1.165) is 84.0 Å². The van der Waals surface area contributed by atoms with E-state index in [9.17, 15) is 0 Å². The van der Waals surface area contributed by atoms with Gasteiger partial charge < -0.3 is 13.7 Å². The lowest BCUT2D eigenvalue weighted by molar-refractivity contribution is 1.05. The summed E-state index contributed by atoms with van der Waals surface area (Å²) >= 11 is 0. The summed E-state index contributed by atoms with van der Waals surface area (Å²) < 4.78 is 9.58. The van der Waals surface area contributed by atoms with Gasteiger partial charge in [0.05, 0.1) is 55.4 Å². The second kappa shape index (κ2) is 18.0. The Labute approximate surface area is 493 Å². The lowest BCUT2D eigenvalue weighted by Gasteiger charge is -2.16. The van der Waals surface area contributed by atoms with E-state index in [1.54, 1.807) is 0 Å². The van der Waals surface area contributed by atoms with Crippen LogP contribution in [0, 0.1) is 0 Å². The Hall–Kier alpha value is -11.6. The number of nitrogens with zero attached hydrogens (tertiary/aromatic N) is 6. The van der Waals surface area contributed by atoms with Gasteiger partial charge in [-0.1, -0.05) is 188 Å². The number of hydrogen-bond donors (Lipinski definition) is 0. The van der Waals surface area contributed by atoms with Crippen molar-refractivity contribution in [2.45, 2.75) is 0 Å². The van der Waals surface area contributed by atoms with Crippen LogP contribution in [0.3, 0.4) is 0 Å². The molecule has 6 nitrogen and oxygen atoms in total. The highest BCUT2D eigenvalue weighted by Gasteiger charge is 2.30. The second-order valence-electron chi connectivity index (χ2n) is 22.9. The van der Waals surface area contributed by atoms with E-state index in [1.165, 1.54) is 87.1 Å². The summed E-state index contributed by atoms with van der Waals surface area (Å²) in [5, 5.41) is 12.1. The lowest BCUT2D eigenvalue weighted by atomic mass is 10.0. The Kier molecular flexibility index (Phi) is 9.80. The number of fused-ring (bicyclic) bond motifs is 15. The summed E-state index contributed by atoms with van der Waals surface area (Å²) in [6, 6.07) is 106. The molecule has 0 fully saturated rings. The number of aromatic nitrogens is 6. The van der Waals surface area contributed by atoms with Crippen LogP contribution in [0.1, 0.15) is 0 Å². The predicted molar refractivity (Wildman–Crippen MR) is 358 cm³/mol. The van der Waals surface area contributed by atoms with E-state index < -0.39 is 0 Å². The third kappa shape index (κ3) is 6.72. The Morgan fingerprint density at radius 1 is 0.233 bits per heavy atom. The van der Waals surface area contributed by atoms with Crippen molar-refractivity contribution < 1.29 is 0 Å². The predicted octanol–water partition coefficient (Wildman–Crippen LogP) is 20.7. The maximum atomic E-state index is 5.83. The third-order valence-electron chi connectivity index (χ3n) is 18.3. The highest BCUT2D eigenvalue weighted by Crippen LogP contribution is 2.51. The summed E-state index contributed by atoms with van der Waals surface area (Å²) in [7, 11) is 0. The van der Waals surface area contributed by atoms with E-state index in [1.807, 2.05) is 0 Å². The number of para-hydroxylation sites is 6. The quantitative estimate of drug-likeness (QED) is 0.160. The Bertz CT molecular complexity index is 5890. The Morgan fingerprint density at radius 3 is 1.19 bits per heavy atom. The van der Waals surface area contributed by atoms with Gasteiger partial charge in [0.2, 0.25) is 0 Å². The van der Waals surface area contributed by atoms with Gasteiger partial charge in [-0.15, -0.1) is 0 Å². The van der Waals surface area contributed by atoms with Crippen LogP contribution in [0.5, 0.6) is 0 Å². The molecule has 13 aromatic carbocycles. The first-order valence-corrected chi connectivity index (χ1v) is 29.5. The molecule has 398 valence electrons. The fourth-order valence-electron chi connectivity index (χ4n) is 14.5. The molecule has 5 heterocycles. The SMILES string of the molecule is c1ccc(-n2c3ccccc3c3cc(-c4ccc5c(c4)c4ccccc4n5-c4cccc(-c5nc6c(c(-n7c8ccccc8c8ccc(-c9ccc%10c(c9)c9ccccc9n%10-c9ccccc9)cc87)n5)-c5cccc7cccc-6c57)c4)ccc32)cc1. The monoisotopic (exact) mass is 1090 g/mol. The van der Waals surface area contributed by atoms with E-state index in [2.05, 4.69) is 309 Å². The first-order valence-electron chi connectivity index (χ1n) is 29.5. The van der Waals surface area contributed by atoms with Crippen molar-refractivity contribution in [3.05, 3.63) is 291 Å². The largest absolute Gasteiger partial charge is 0.309 e. The van der Waals surface area contributed by atoms with Crippen molar-refractivity contribution in [2.24, 2.45) is 0 Å². The molecule has 86 heavy (non-hydrogen) atoms. The Morgan fingerprint density at radius 2 is 0.640 bits per heavy atom. The molecule has 0 saturated carbocycles. The molecule has 0 atom stereocenters. The first kappa shape index (κ1) is 46.9. The molecule has 0 unspecified atom stereocenters. The molecular weight excluding hydrogens is 1040 g/mol. The molecule has 0 amide bonds. The smallest absolute Gasteiger partial charge is 0.162 e. The van der Waals surface area contributed by atoms with E-state index in [4.69, 9.17) is 9.97 Å². The Balaban J connectivity index is 0.781. The molecule has 5 aromatic heterocycles.